The van der Waals surface area contributed by atoms with Crippen molar-refractivity contribution in [2.24, 2.45) is 5.73 Å². The summed E-state index contributed by atoms with van der Waals surface area (Å²) in [7, 11) is 0. The highest BCUT2D eigenvalue weighted by molar-refractivity contribution is 6.32. The van der Waals surface area contributed by atoms with Gasteiger partial charge in [0.1, 0.15) is 17.4 Å². The first-order valence-electron chi connectivity index (χ1n) is 3.96. The molecular weight excluding hydrogens is 207 g/mol. The summed E-state index contributed by atoms with van der Waals surface area (Å²) < 4.78 is 17.8. The lowest BCUT2D eigenvalue weighted by Gasteiger charge is -2.13. The van der Waals surface area contributed by atoms with Gasteiger partial charge in [0.2, 0.25) is 0 Å². The Bertz CT molecular complexity index is 357. The summed E-state index contributed by atoms with van der Waals surface area (Å²) in [4.78, 5) is 0. The van der Waals surface area contributed by atoms with Gasteiger partial charge in [0.15, 0.2) is 6.10 Å². The van der Waals surface area contributed by atoms with E-state index in [0.717, 1.165) is 6.07 Å². The van der Waals surface area contributed by atoms with E-state index >= 15 is 0 Å². The molecule has 0 aliphatic heterocycles. The van der Waals surface area contributed by atoms with Gasteiger partial charge in [-0.15, -0.1) is 0 Å². The monoisotopic (exact) mass is 216 g/mol. The van der Waals surface area contributed by atoms with E-state index in [1.54, 1.807) is 6.92 Å². The summed E-state index contributed by atoms with van der Waals surface area (Å²) in [6, 6.07) is 3.77. The molecule has 76 valence electrons. The molecule has 0 spiro atoms. The molecule has 1 aromatic carbocycles. The summed E-state index contributed by atoms with van der Waals surface area (Å²) in [6.07, 6.45) is -0.571. The van der Waals surface area contributed by atoms with Crippen LogP contribution in [0.3, 0.4) is 0 Å². The maximum atomic E-state index is 12.6. The van der Waals surface area contributed by atoms with Gasteiger partial charge in [-0.1, -0.05) is 11.6 Å². The van der Waals surface area contributed by atoms with Crippen molar-refractivity contribution >= 4 is 17.4 Å². The van der Waals surface area contributed by atoms with Gasteiger partial charge in [0.05, 0.1) is 5.02 Å². The minimum absolute atomic E-state index is 0.106. The average Bonchev–Trinajstić information content (AvgIpc) is 2.09. The Balaban J connectivity index is 2.82. The van der Waals surface area contributed by atoms with Crippen molar-refractivity contribution in [1.82, 2.24) is 0 Å². The fourth-order valence-electron chi connectivity index (χ4n) is 0.825. The molecule has 3 N–H and O–H groups in total. The zero-order valence-electron chi connectivity index (χ0n) is 7.55. The van der Waals surface area contributed by atoms with E-state index in [1.165, 1.54) is 12.1 Å². The van der Waals surface area contributed by atoms with Crippen LogP contribution in [-0.4, -0.2) is 11.9 Å². The van der Waals surface area contributed by atoms with Crippen molar-refractivity contribution in [2.75, 3.05) is 0 Å². The molecule has 0 fully saturated rings. The van der Waals surface area contributed by atoms with E-state index in [0.29, 0.717) is 5.75 Å². The molecule has 3 nitrogen and oxygen atoms in total. The fourth-order valence-corrected chi connectivity index (χ4v) is 1.04. The van der Waals surface area contributed by atoms with Gasteiger partial charge in [-0.25, -0.2) is 4.39 Å². The Morgan fingerprint density at radius 2 is 2.29 bits per heavy atom. The molecule has 0 bridgehead atoms. The van der Waals surface area contributed by atoms with Gasteiger partial charge in [-0.2, -0.15) is 0 Å². The highest BCUT2D eigenvalue weighted by Crippen LogP contribution is 2.25. The molecule has 14 heavy (non-hydrogen) atoms. The second-order valence-electron chi connectivity index (χ2n) is 2.79. The van der Waals surface area contributed by atoms with E-state index in [2.05, 4.69) is 0 Å². The zero-order chi connectivity index (χ0) is 10.7. The molecule has 0 saturated carbocycles. The summed E-state index contributed by atoms with van der Waals surface area (Å²) in [5, 5.41) is 7.26. The van der Waals surface area contributed by atoms with Crippen LogP contribution >= 0.6 is 11.6 Å². The van der Waals surface area contributed by atoms with E-state index in [4.69, 9.17) is 27.5 Å². The number of halogens is 2. The van der Waals surface area contributed by atoms with Gasteiger partial charge in [0.25, 0.3) is 0 Å². The third-order valence-electron chi connectivity index (χ3n) is 1.64. The summed E-state index contributed by atoms with van der Waals surface area (Å²) in [5.41, 5.74) is 5.20. The molecule has 0 saturated heterocycles. The number of benzene rings is 1. The average molecular weight is 217 g/mol. The van der Waals surface area contributed by atoms with Crippen LogP contribution in [0.15, 0.2) is 18.2 Å². The molecule has 1 aromatic rings. The van der Waals surface area contributed by atoms with Crippen molar-refractivity contribution in [3.05, 3.63) is 29.0 Å². The highest BCUT2D eigenvalue weighted by atomic mass is 35.5. The van der Waals surface area contributed by atoms with Crippen LogP contribution in [0, 0.1) is 11.2 Å². The Morgan fingerprint density at radius 1 is 1.64 bits per heavy atom. The molecule has 0 aliphatic rings. The predicted molar refractivity (Wildman–Crippen MR) is 53.4 cm³/mol. The molecule has 1 rings (SSSR count). The van der Waals surface area contributed by atoms with E-state index < -0.39 is 11.9 Å². The van der Waals surface area contributed by atoms with Crippen LogP contribution in [-0.2, 0) is 0 Å². The largest absolute Gasteiger partial charge is 0.481 e. The van der Waals surface area contributed by atoms with E-state index in [1.807, 2.05) is 0 Å². The molecule has 0 amide bonds. The second-order valence-corrected chi connectivity index (χ2v) is 3.20. The smallest absolute Gasteiger partial charge is 0.152 e. The molecule has 0 aliphatic carbocycles. The quantitative estimate of drug-likeness (QED) is 0.601. The Morgan fingerprint density at radius 3 is 2.79 bits per heavy atom. The number of amidine groups is 1. The highest BCUT2D eigenvalue weighted by Gasteiger charge is 2.09. The molecular formula is C9H10ClFN2O. The second kappa shape index (κ2) is 4.28. The number of nitrogens with one attached hydrogen (secondary N) is 1. The molecule has 5 heteroatoms. The molecule has 0 heterocycles. The van der Waals surface area contributed by atoms with Gasteiger partial charge in [0, 0.05) is 0 Å². The van der Waals surface area contributed by atoms with Crippen molar-refractivity contribution < 1.29 is 9.13 Å². The Labute approximate surface area is 86.1 Å². The normalized spacial score (nSPS) is 12.2. The first-order valence-corrected chi connectivity index (χ1v) is 4.34. The van der Waals surface area contributed by atoms with Gasteiger partial charge >= 0.3 is 0 Å². The maximum absolute atomic E-state index is 12.6. The third-order valence-corrected chi connectivity index (χ3v) is 1.93. The maximum Gasteiger partial charge on any atom is 0.152 e. The summed E-state index contributed by atoms with van der Waals surface area (Å²) >= 11 is 5.70. The van der Waals surface area contributed by atoms with Gasteiger partial charge in [-0.05, 0) is 25.1 Å². The third kappa shape index (κ3) is 2.60. The molecule has 0 aromatic heterocycles. The van der Waals surface area contributed by atoms with Crippen LogP contribution in [0.25, 0.3) is 0 Å². The van der Waals surface area contributed by atoms with Crippen molar-refractivity contribution in [1.29, 1.82) is 5.41 Å². The zero-order valence-corrected chi connectivity index (χ0v) is 8.31. The number of hydrogen-bond acceptors (Lipinski definition) is 2. The van der Waals surface area contributed by atoms with E-state index in [-0.39, 0.29) is 10.9 Å². The first kappa shape index (κ1) is 10.8. The minimum atomic E-state index is -0.571. The minimum Gasteiger partial charge on any atom is -0.481 e. The Kier molecular flexibility index (Phi) is 3.30. The predicted octanol–water partition coefficient (Wildman–Crippen LogP) is 2.18. The standard InChI is InChI=1S/C9H10ClFN2O/c1-5(9(12)13)14-8-3-2-6(11)4-7(8)10/h2-5H,1H3,(H3,12,13). The summed E-state index contributed by atoms with van der Waals surface area (Å²) in [6.45, 7) is 1.61. The molecule has 1 unspecified atom stereocenters. The lowest BCUT2D eigenvalue weighted by Crippen LogP contribution is -2.30. The summed E-state index contributed by atoms with van der Waals surface area (Å²) in [5.74, 6) is -0.223. The van der Waals surface area contributed by atoms with E-state index in [9.17, 15) is 4.39 Å². The van der Waals surface area contributed by atoms with Crippen molar-refractivity contribution in [3.63, 3.8) is 0 Å². The Hall–Kier alpha value is -1.29. The first-order chi connectivity index (χ1) is 6.50. The van der Waals surface area contributed by atoms with Gasteiger partial charge < -0.3 is 10.5 Å². The lowest BCUT2D eigenvalue weighted by atomic mass is 10.3. The number of rotatable bonds is 3. The van der Waals surface area contributed by atoms with Crippen molar-refractivity contribution in [2.45, 2.75) is 13.0 Å². The lowest BCUT2D eigenvalue weighted by molar-refractivity contribution is 0.284. The molecule has 0 radical (unpaired) electrons. The number of hydrogen-bond donors (Lipinski definition) is 2. The van der Waals surface area contributed by atoms with Crippen LogP contribution in [0.1, 0.15) is 6.92 Å². The van der Waals surface area contributed by atoms with Crippen LogP contribution in [0.2, 0.25) is 5.02 Å². The SMILES string of the molecule is CC(Oc1ccc(F)cc1Cl)C(=N)N. The van der Waals surface area contributed by atoms with Crippen LogP contribution < -0.4 is 10.5 Å². The topological polar surface area (TPSA) is 59.1 Å². The van der Waals surface area contributed by atoms with Crippen molar-refractivity contribution in [3.8, 4) is 5.75 Å². The van der Waals surface area contributed by atoms with Crippen LogP contribution in [0.4, 0.5) is 4.39 Å². The van der Waals surface area contributed by atoms with Gasteiger partial charge in [-0.3, -0.25) is 5.41 Å². The number of nitrogens with two attached hydrogens (primary N) is 1. The number of ether oxygens (including phenoxy) is 1. The van der Waals surface area contributed by atoms with Crippen LogP contribution in [0.5, 0.6) is 5.75 Å². The molecule has 1 atom stereocenters. The fraction of sp³-hybridized carbons (Fsp3) is 0.222.